The summed E-state index contributed by atoms with van der Waals surface area (Å²) in [5.74, 6) is -1.33. The normalized spacial score (nSPS) is 25.2. The molecule has 3 atom stereocenters. The molecule has 8 nitrogen and oxygen atoms in total. The third-order valence-electron chi connectivity index (χ3n) is 4.59. The molecule has 0 radical (unpaired) electrons. The van der Waals surface area contributed by atoms with Crippen LogP contribution in [0.25, 0.3) is 6.08 Å². The number of ketones is 1. The average molecular weight is 394 g/mol. The largest absolute Gasteiger partial charge is 0.507 e. The molecule has 1 aliphatic heterocycles. The van der Waals surface area contributed by atoms with E-state index in [1.54, 1.807) is 6.92 Å². The van der Waals surface area contributed by atoms with Crippen molar-refractivity contribution in [1.82, 2.24) is 0 Å². The number of methoxy groups -OCH3 is 2. The van der Waals surface area contributed by atoms with Crippen molar-refractivity contribution in [2.45, 2.75) is 50.9 Å². The average Bonchev–Trinajstić information content (AvgIpc) is 2.65. The summed E-state index contributed by atoms with van der Waals surface area (Å²) in [4.78, 5) is 24.8. The summed E-state index contributed by atoms with van der Waals surface area (Å²) in [6, 6.07) is 1.26. The highest BCUT2D eigenvalue weighted by atomic mass is 16.5. The molecule has 0 spiro atoms. The first-order valence-corrected chi connectivity index (χ1v) is 9.05. The van der Waals surface area contributed by atoms with E-state index in [0.29, 0.717) is 12.8 Å². The van der Waals surface area contributed by atoms with Gasteiger partial charge in [-0.1, -0.05) is 12.2 Å². The number of Topliss-reactive ketones (excluding diaryl/α,β-unsaturated/α-hetero) is 1. The number of fused-ring (bicyclic) bond motifs is 1. The fourth-order valence-electron chi connectivity index (χ4n) is 3.08. The van der Waals surface area contributed by atoms with Crippen molar-refractivity contribution in [3.63, 3.8) is 0 Å². The Morgan fingerprint density at radius 2 is 1.82 bits per heavy atom. The number of aliphatic hydroxyl groups is 2. The predicted molar refractivity (Wildman–Crippen MR) is 101 cm³/mol. The van der Waals surface area contributed by atoms with Crippen LogP contribution in [0.3, 0.4) is 0 Å². The molecule has 0 amide bonds. The lowest BCUT2D eigenvalue weighted by Gasteiger charge is -2.19. The van der Waals surface area contributed by atoms with Crippen LogP contribution in [0.1, 0.15) is 48.5 Å². The SMILES string of the molecule is COc1cc(O)c2c(c1OC)/C=C/C[C@@H](O)C(=O)[C@@H](O)CCC[C@H](C)OC2=O. The smallest absolute Gasteiger partial charge is 0.342 e. The van der Waals surface area contributed by atoms with Gasteiger partial charge in [0.2, 0.25) is 0 Å². The maximum atomic E-state index is 12.7. The van der Waals surface area contributed by atoms with E-state index in [4.69, 9.17) is 14.2 Å². The third-order valence-corrected chi connectivity index (χ3v) is 4.59. The molecule has 3 N–H and O–H groups in total. The lowest BCUT2D eigenvalue weighted by molar-refractivity contribution is -0.135. The van der Waals surface area contributed by atoms with Gasteiger partial charge in [-0.25, -0.2) is 4.79 Å². The Kier molecular flexibility index (Phi) is 7.42. The van der Waals surface area contributed by atoms with Gasteiger partial charge in [-0.05, 0) is 32.6 Å². The maximum absolute atomic E-state index is 12.7. The fourth-order valence-corrected chi connectivity index (χ4v) is 3.08. The van der Waals surface area contributed by atoms with E-state index < -0.39 is 30.1 Å². The second kappa shape index (κ2) is 9.57. The van der Waals surface area contributed by atoms with Crippen LogP contribution in [0.15, 0.2) is 12.1 Å². The number of cyclic esters (lactones) is 1. The van der Waals surface area contributed by atoms with Crippen molar-refractivity contribution < 1.29 is 39.1 Å². The van der Waals surface area contributed by atoms with Crippen molar-refractivity contribution in [2.24, 2.45) is 0 Å². The number of carbonyl (C=O) groups is 2. The van der Waals surface area contributed by atoms with Crippen molar-refractivity contribution in [3.05, 3.63) is 23.3 Å². The Morgan fingerprint density at radius 3 is 2.46 bits per heavy atom. The maximum Gasteiger partial charge on any atom is 0.342 e. The second-order valence-electron chi connectivity index (χ2n) is 6.64. The zero-order valence-corrected chi connectivity index (χ0v) is 16.2. The molecule has 1 aliphatic rings. The van der Waals surface area contributed by atoms with Crippen LogP contribution >= 0.6 is 0 Å². The molecule has 1 aromatic carbocycles. The molecule has 0 fully saturated rings. The Balaban J connectivity index is 2.55. The van der Waals surface area contributed by atoms with Crippen molar-refractivity contribution >= 4 is 17.8 Å². The number of esters is 1. The van der Waals surface area contributed by atoms with E-state index in [0.717, 1.165) is 0 Å². The quantitative estimate of drug-likeness (QED) is 0.650. The van der Waals surface area contributed by atoms with Crippen LogP contribution in [0.2, 0.25) is 0 Å². The predicted octanol–water partition coefficient (Wildman–Crippen LogP) is 1.83. The van der Waals surface area contributed by atoms with Gasteiger partial charge in [0.25, 0.3) is 0 Å². The lowest BCUT2D eigenvalue weighted by atomic mass is 9.99. The van der Waals surface area contributed by atoms with Gasteiger partial charge in [0.05, 0.1) is 20.3 Å². The zero-order chi connectivity index (χ0) is 20.8. The second-order valence-corrected chi connectivity index (χ2v) is 6.64. The summed E-state index contributed by atoms with van der Waals surface area (Å²) in [5, 5.41) is 30.3. The molecule has 0 unspecified atom stereocenters. The van der Waals surface area contributed by atoms with Gasteiger partial charge in [0, 0.05) is 11.6 Å². The third kappa shape index (κ3) is 4.82. The molecule has 0 aliphatic carbocycles. The molecule has 1 heterocycles. The standard InChI is InChI=1S/C20H26O8/c1-11-6-4-8-13(21)18(24)14(22)9-5-7-12-17(20(25)28-11)15(23)10-16(26-2)19(12)27-3/h5,7,10-11,13-14,21-23H,4,6,8-9H2,1-3H3/b7-5+/t11-,13-,14+/m0/s1. The highest BCUT2D eigenvalue weighted by Crippen LogP contribution is 2.40. The van der Waals surface area contributed by atoms with E-state index in [-0.39, 0.29) is 41.2 Å². The fraction of sp³-hybridized carbons (Fsp3) is 0.500. The van der Waals surface area contributed by atoms with Gasteiger partial charge >= 0.3 is 5.97 Å². The Bertz CT molecular complexity index is 755. The van der Waals surface area contributed by atoms with Gasteiger partial charge in [-0.15, -0.1) is 0 Å². The van der Waals surface area contributed by atoms with Crippen LogP contribution in [-0.4, -0.2) is 59.6 Å². The summed E-state index contributed by atoms with van der Waals surface area (Å²) in [6.45, 7) is 1.68. The van der Waals surface area contributed by atoms with Crippen LogP contribution in [0.4, 0.5) is 0 Å². The number of hydrogen-bond acceptors (Lipinski definition) is 8. The van der Waals surface area contributed by atoms with Crippen molar-refractivity contribution in [3.8, 4) is 17.2 Å². The van der Waals surface area contributed by atoms with Crippen LogP contribution < -0.4 is 9.47 Å². The topological polar surface area (TPSA) is 123 Å². The molecule has 0 saturated heterocycles. The molecule has 8 heteroatoms. The van der Waals surface area contributed by atoms with Gasteiger partial charge in [0.1, 0.15) is 23.5 Å². The molecule has 154 valence electrons. The highest BCUT2D eigenvalue weighted by molar-refractivity contribution is 5.98. The minimum atomic E-state index is -1.38. The van der Waals surface area contributed by atoms with Crippen molar-refractivity contribution in [1.29, 1.82) is 0 Å². The monoisotopic (exact) mass is 394 g/mol. The molecule has 0 saturated carbocycles. The van der Waals surface area contributed by atoms with E-state index in [1.165, 1.54) is 32.4 Å². The lowest BCUT2D eigenvalue weighted by Crippen LogP contribution is -2.32. The van der Waals surface area contributed by atoms with E-state index >= 15 is 0 Å². The molecular formula is C20H26O8. The Morgan fingerprint density at radius 1 is 1.11 bits per heavy atom. The Labute approximate surface area is 163 Å². The van der Waals surface area contributed by atoms with E-state index in [9.17, 15) is 24.9 Å². The number of ether oxygens (including phenoxy) is 3. The van der Waals surface area contributed by atoms with E-state index in [1.807, 2.05) is 0 Å². The highest BCUT2D eigenvalue weighted by Gasteiger charge is 2.27. The number of hydrogen-bond donors (Lipinski definition) is 3. The summed E-state index contributed by atoms with van der Waals surface area (Å²) < 4.78 is 15.9. The van der Waals surface area contributed by atoms with Gasteiger partial charge in [-0.3, -0.25) is 4.79 Å². The first kappa shape index (κ1) is 21.7. The number of phenolic OH excluding ortho intramolecular Hbond substituents is 1. The zero-order valence-electron chi connectivity index (χ0n) is 16.2. The molecule has 2 rings (SSSR count). The summed E-state index contributed by atoms with van der Waals surface area (Å²) in [6.07, 6.45) is 0.644. The van der Waals surface area contributed by atoms with Crippen LogP contribution in [-0.2, 0) is 9.53 Å². The first-order valence-electron chi connectivity index (χ1n) is 9.05. The van der Waals surface area contributed by atoms with Crippen molar-refractivity contribution in [2.75, 3.05) is 14.2 Å². The minimum Gasteiger partial charge on any atom is -0.507 e. The number of rotatable bonds is 2. The minimum absolute atomic E-state index is 0.0814. The number of carbonyl (C=O) groups excluding carboxylic acids is 2. The number of phenols is 1. The van der Waals surface area contributed by atoms with E-state index in [2.05, 4.69) is 0 Å². The summed E-state index contributed by atoms with van der Waals surface area (Å²) in [5.41, 5.74) is 0.104. The summed E-state index contributed by atoms with van der Waals surface area (Å²) in [7, 11) is 2.78. The number of aromatic hydroxyl groups is 1. The number of benzene rings is 1. The molecule has 28 heavy (non-hydrogen) atoms. The van der Waals surface area contributed by atoms with Crippen LogP contribution in [0, 0.1) is 0 Å². The van der Waals surface area contributed by atoms with Gasteiger partial charge in [-0.2, -0.15) is 0 Å². The number of aliphatic hydroxyl groups excluding tert-OH is 2. The molecular weight excluding hydrogens is 368 g/mol. The Hall–Kier alpha value is -2.58. The first-order chi connectivity index (χ1) is 13.3. The molecule has 0 bridgehead atoms. The molecule has 0 aromatic heterocycles. The van der Waals surface area contributed by atoms with Gasteiger partial charge < -0.3 is 29.5 Å². The molecule has 1 aromatic rings. The summed E-state index contributed by atoms with van der Waals surface area (Å²) >= 11 is 0. The van der Waals surface area contributed by atoms with Gasteiger partial charge in [0.15, 0.2) is 17.3 Å². The van der Waals surface area contributed by atoms with Crippen LogP contribution in [0.5, 0.6) is 17.2 Å².